The normalized spacial score (nSPS) is 12.6. The second kappa shape index (κ2) is 5.23. The van der Waals surface area contributed by atoms with E-state index in [2.05, 4.69) is 4.98 Å². The van der Waals surface area contributed by atoms with Gasteiger partial charge >= 0.3 is 0 Å². The summed E-state index contributed by atoms with van der Waals surface area (Å²) in [7, 11) is 3.44. The molecule has 2 rings (SSSR count). The highest BCUT2D eigenvalue weighted by Gasteiger charge is 2.19. The molecule has 0 aliphatic rings. The van der Waals surface area contributed by atoms with Crippen molar-refractivity contribution in [3.8, 4) is 0 Å². The number of amides is 1. The average molecular weight is 246 g/mol. The summed E-state index contributed by atoms with van der Waals surface area (Å²) in [6, 6.07) is 7.85. The van der Waals surface area contributed by atoms with Gasteiger partial charge in [-0.2, -0.15) is 0 Å². The number of methoxy groups -OCH3 is 1. The Labute approximate surface area is 107 Å². The molecule has 1 aromatic heterocycles. The number of aromatic nitrogens is 1. The van der Waals surface area contributed by atoms with Crippen molar-refractivity contribution in [3.05, 3.63) is 36.0 Å². The molecule has 2 aromatic rings. The average Bonchev–Trinajstić information content (AvgIpc) is 2.81. The second-order valence-corrected chi connectivity index (χ2v) is 4.47. The van der Waals surface area contributed by atoms with Crippen molar-refractivity contribution in [2.45, 2.75) is 13.0 Å². The Morgan fingerprint density at radius 2 is 2.17 bits per heavy atom. The standard InChI is InChI=1S/C14H18N2O2/c1-10(9-18-3)16(2)14(17)12-8-15-13-7-5-4-6-11(12)13/h4-8,10,15H,9H2,1-3H3. The number of aromatic amines is 1. The van der Waals surface area contributed by atoms with E-state index in [4.69, 9.17) is 4.74 Å². The number of fused-ring (bicyclic) bond motifs is 1. The van der Waals surface area contributed by atoms with Gasteiger partial charge in [0, 0.05) is 31.3 Å². The Hall–Kier alpha value is -1.81. The number of H-pyrrole nitrogens is 1. The highest BCUT2D eigenvalue weighted by molar-refractivity contribution is 6.06. The summed E-state index contributed by atoms with van der Waals surface area (Å²) in [6.07, 6.45) is 1.77. The van der Waals surface area contributed by atoms with Crippen LogP contribution in [0.1, 0.15) is 17.3 Å². The molecule has 18 heavy (non-hydrogen) atoms. The maximum absolute atomic E-state index is 12.4. The number of hydrogen-bond acceptors (Lipinski definition) is 2. The van der Waals surface area contributed by atoms with Crippen molar-refractivity contribution in [2.24, 2.45) is 0 Å². The lowest BCUT2D eigenvalue weighted by atomic mass is 10.1. The number of nitrogens with zero attached hydrogens (tertiary/aromatic N) is 1. The molecule has 1 amide bonds. The summed E-state index contributed by atoms with van der Waals surface area (Å²) in [6.45, 7) is 2.50. The van der Waals surface area contributed by atoms with Crippen LogP contribution in [0.25, 0.3) is 10.9 Å². The first-order valence-electron chi connectivity index (χ1n) is 5.97. The number of ether oxygens (including phenoxy) is 1. The zero-order valence-corrected chi connectivity index (χ0v) is 10.9. The molecule has 1 aromatic carbocycles. The Kier molecular flexibility index (Phi) is 3.67. The minimum Gasteiger partial charge on any atom is -0.383 e. The maximum Gasteiger partial charge on any atom is 0.256 e. The van der Waals surface area contributed by atoms with E-state index in [1.165, 1.54) is 0 Å². The Balaban J connectivity index is 2.28. The van der Waals surface area contributed by atoms with Crippen molar-refractivity contribution in [1.29, 1.82) is 0 Å². The monoisotopic (exact) mass is 246 g/mol. The molecule has 0 bridgehead atoms. The van der Waals surface area contributed by atoms with Gasteiger partial charge in [-0.25, -0.2) is 0 Å². The van der Waals surface area contributed by atoms with E-state index in [0.717, 1.165) is 10.9 Å². The number of benzene rings is 1. The molecule has 1 heterocycles. The molecule has 0 spiro atoms. The Bertz CT molecular complexity index is 547. The van der Waals surface area contributed by atoms with Gasteiger partial charge < -0.3 is 14.6 Å². The van der Waals surface area contributed by atoms with Crippen molar-refractivity contribution >= 4 is 16.8 Å². The predicted molar refractivity (Wildman–Crippen MR) is 71.7 cm³/mol. The highest BCUT2D eigenvalue weighted by atomic mass is 16.5. The largest absolute Gasteiger partial charge is 0.383 e. The van der Waals surface area contributed by atoms with Gasteiger partial charge in [-0.3, -0.25) is 4.79 Å². The lowest BCUT2D eigenvalue weighted by Crippen LogP contribution is -2.37. The molecule has 1 atom stereocenters. The molecule has 0 radical (unpaired) electrons. The van der Waals surface area contributed by atoms with Crippen LogP contribution in [0.5, 0.6) is 0 Å². The first kappa shape index (κ1) is 12.6. The van der Waals surface area contributed by atoms with Gasteiger partial charge in [-0.1, -0.05) is 18.2 Å². The van der Waals surface area contributed by atoms with Crippen LogP contribution in [0.3, 0.4) is 0 Å². The molecule has 4 heteroatoms. The molecule has 0 saturated carbocycles. The first-order chi connectivity index (χ1) is 8.65. The summed E-state index contributed by atoms with van der Waals surface area (Å²) in [5.41, 5.74) is 1.68. The minimum atomic E-state index is 0.0111. The fourth-order valence-electron chi connectivity index (χ4n) is 1.99. The van der Waals surface area contributed by atoms with Crippen molar-refractivity contribution in [1.82, 2.24) is 9.88 Å². The van der Waals surface area contributed by atoms with Crippen LogP contribution in [0, 0.1) is 0 Å². The quantitative estimate of drug-likeness (QED) is 0.899. The topological polar surface area (TPSA) is 45.3 Å². The maximum atomic E-state index is 12.4. The van der Waals surface area contributed by atoms with Crippen LogP contribution in [-0.4, -0.2) is 42.6 Å². The SMILES string of the molecule is COCC(C)N(C)C(=O)c1c[nH]c2ccccc12. The lowest BCUT2D eigenvalue weighted by Gasteiger charge is -2.24. The summed E-state index contributed by atoms with van der Waals surface area (Å²) in [5, 5.41) is 0.957. The summed E-state index contributed by atoms with van der Waals surface area (Å²) in [5.74, 6) is 0.0111. The molecule has 0 saturated heterocycles. The number of likely N-dealkylation sites (N-methyl/N-ethyl adjacent to an activating group) is 1. The van der Waals surface area contributed by atoms with Crippen molar-refractivity contribution < 1.29 is 9.53 Å². The smallest absolute Gasteiger partial charge is 0.256 e. The molecular weight excluding hydrogens is 228 g/mol. The first-order valence-corrected chi connectivity index (χ1v) is 5.97. The molecule has 0 aliphatic carbocycles. The number of carbonyl (C=O) groups is 1. The van der Waals surface area contributed by atoms with Crippen molar-refractivity contribution in [3.63, 3.8) is 0 Å². The molecular formula is C14H18N2O2. The zero-order valence-electron chi connectivity index (χ0n) is 10.9. The van der Waals surface area contributed by atoms with Crippen LogP contribution >= 0.6 is 0 Å². The van der Waals surface area contributed by atoms with Crippen LogP contribution < -0.4 is 0 Å². The second-order valence-electron chi connectivity index (χ2n) is 4.47. The molecule has 4 nitrogen and oxygen atoms in total. The number of rotatable bonds is 4. The minimum absolute atomic E-state index is 0.0111. The number of hydrogen-bond donors (Lipinski definition) is 1. The Morgan fingerprint density at radius 3 is 2.89 bits per heavy atom. The van der Waals surface area contributed by atoms with Gasteiger partial charge in [0.2, 0.25) is 0 Å². The van der Waals surface area contributed by atoms with Gasteiger partial charge in [0.15, 0.2) is 0 Å². The van der Waals surface area contributed by atoms with Crippen molar-refractivity contribution in [2.75, 3.05) is 20.8 Å². The van der Waals surface area contributed by atoms with E-state index >= 15 is 0 Å². The lowest BCUT2D eigenvalue weighted by molar-refractivity contribution is 0.0635. The van der Waals surface area contributed by atoms with Crippen LogP contribution in [0.15, 0.2) is 30.5 Å². The van der Waals surface area contributed by atoms with Crippen LogP contribution in [0.4, 0.5) is 0 Å². The van der Waals surface area contributed by atoms with E-state index in [9.17, 15) is 4.79 Å². The van der Waals surface area contributed by atoms with E-state index in [0.29, 0.717) is 12.2 Å². The highest BCUT2D eigenvalue weighted by Crippen LogP contribution is 2.19. The third kappa shape index (κ3) is 2.24. The molecule has 1 N–H and O–H groups in total. The zero-order chi connectivity index (χ0) is 13.1. The predicted octanol–water partition coefficient (Wildman–Crippen LogP) is 2.27. The van der Waals surface area contributed by atoms with Gasteiger partial charge in [0.25, 0.3) is 5.91 Å². The molecule has 0 aliphatic heterocycles. The summed E-state index contributed by atoms with van der Waals surface area (Å²) < 4.78 is 5.08. The van der Waals surface area contributed by atoms with E-state index in [1.54, 1.807) is 25.3 Å². The van der Waals surface area contributed by atoms with E-state index in [1.807, 2.05) is 31.2 Å². The van der Waals surface area contributed by atoms with E-state index < -0.39 is 0 Å². The fraction of sp³-hybridized carbons (Fsp3) is 0.357. The molecule has 0 fully saturated rings. The van der Waals surface area contributed by atoms with Crippen LogP contribution in [-0.2, 0) is 4.74 Å². The van der Waals surface area contributed by atoms with Gasteiger partial charge in [0.1, 0.15) is 0 Å². The molecule has 96 valence electrons. The summed E-state index contributed by atoms with van der Waals surface area (Å²) >= 11 is 0. The van der Waals surface area contributed by atoms with Gasteiger partial charge in [-0.05, 0) is 13.0 Å². The fourth-order valence-corrected chi connectivity index (χ4v) is 1.99. The third-order valence-corrected chi connectivity index (χ3v) is 3.21. The third-order valence-electron chi connectivity index (χ3n) is 3.21. The Morgan fingerprint density at radius 1 is 1.44 bits per heavy atom. The van der Waals surface area contributed by atoms with Crippen LogP contribution in [0.2, 0.25) is 0 Å². The van der Waals surface area contributed by atoms with E-state index in [-0.39, 0.29) is 11.9 Å². The number of carbonyl (C=O) groups excluding carboxylic acids is 1. The summed E-state index contributed by atoms with van der Waals surface area (Å²) in [4.78, 5) is 17.2. The number of para-hydroxylation sites is 1. The van der Waals surface area contributed by atoms with Gasteiger partial charge in [-0.15, -0.1) is 0 Å². The number of nitrogens with one attached hydrogen (secondary N) is 1. The molecule has 1 unspecified atom stereocenters. The van der Waals surface area contributed by atoms with Gasteiger partial charge in [0.05, 0.1) is 18.2 Å².